The van der Waals surface area contributed by atoms with Crippen LogP contribution in [0.5, 0.6) is 0 Å². The first-order valence-corrected chi connectivity index (χ1v) is 13.0. The van der Waals surface area contributed by atoms with Gasteiger partial charge in [-0.3, -0.25) is 9.59 Å². The van der Waals surface area contributed by atoms with Gasteiger partial charge in [0.05, 0.1) is 5.75 Å². The molecule has 0 aliphatic carbocycles. The summed E-state index contributed by atoms with van der Waals surface area (Å²) in [6, 6.07) is 7.22. The molecule has 1 aliphatic rings. The number of nitrogens with zero attached hydrogens (tertiary/aromatic N) is 4. The van der Waals surface area contributed by atoms with Crippen LogP contribution in [0.15, 0.2) is 35.5 Å². The highest BCUT2D eigenvalue weighted by Gasteiger charge is 2.29. The lowest BCUT2D eigenvalue weighted by Gasteiger charge is -2.40. The van der Waals surface area contributed by atoms with Gasteiger partial charge in [-0.2, -0.15) is 0 Å². The second-order valence-corrected chi connectivity index (χ2v) is 9.66. The molecule has 1 N–H and O–H groups in total. The van der Waals surface area contributed by atoms with Crippen LogP contribution in [0.25, 0.3) is 0 Å². The molecule has 1 unspecified atom stereocenters. The molecule has 0 spiro atoms. The van der Waals surface area contributed by atoms with Crippen LogP contribution < -0.4 is 10.2 Å². The number of nitrogens with one attached hydrogen (secondary N) is 1. The minimum absolute atomic E-state index is 0.0480. The lowest BCUT2D eigenvalue weighted by atomic mass is 10.1. The number of carbonyl (C=O) groups excluding carboxylic acids is 2. The average Bonchev–Trinajstić information content (AvgIpc) is 2.82. The third-order valence-corrected chi connectivity index (χ3v) is 6.69. The minimum atomic E-state index is -0.367. The van der Waals surface area contributed by atoms with E-state index in [1.165, 1.54) is 42.4 Å². The van der Waals surface area contributed by atoms with E-state index in [1.54, 1.807) is 11.0 Å². The summed E-state index contributed by atoms with van der Waals surface area (Å²) in [6.07, 6.45) is 4.44. The zero-order chi connectivity index (χ0) is 24.5. The van der Waals surface area contributed by atoms with Crippen LogP contribution in [0, 0.1) is 5.82 Å². The standard InChI is InChI=1S/C24H31ClFN5O2S/c1-3-4-5-6-11-27-22(32)16-34-24-28-20(25)14-21(29-24)30-12-13-31(17(2)15-30)23(33)18-7-9-19(26)10-8-18/h7-10,14,17H,3-6,11-13,15-16H2,1-2H3,(H,27,32). The monoisotopic (exact) mass is 507 g/mol. The van der Waals surface area contributed by atoms with Crippen LogP contribution in [0.3, 0.4) is 0 Å². The molecule has 1 aromatic carbocycles. The number of hydrogen-bond acceptors (Lipinski definition) is 6. The quantitative estimate of drug-likeness (QED) is 0.222. The number of unbranched alkanes of at least 4 members (excludes halogenated alkanes) is 3. The summed E-state index contributed by atoms with van der Waals surface area (Å²) in [5.74, 6) is 0.360. The molecule has 0 saturated carbocycles. The number of thioether (sulfide) groups is 1. The predicted octanol–water partition coefficient (Wildman–Crippen LogP) is 4.41. The number of aromatic nitrogens is 2. The van der Waals surface area contributed by atoms with Crippen molar-refractivity contribution in [1.82, 2.24) is 20.2 Å². The van der Waals surface area contributed by atoms with Gasteiger partial charge in [0.1, 0.15) is 16.8 Å². The fourth-order valence-electron chi connectivity index (χ4n) is 3.80. The largest absolute Gasteiger partial charge is 0.355 e. The highest BCUT2D eigenvalue weighted by Crippen LogP contribution is 2.24. The van der Waals surface area contributed by atoms with Crippen molar-refractivity contribution in [3.8, 4) is 0 Å². The number of benzene rings is 1. The van der Waals surface area contributed by atoms with E-state index in [2.05, 4.69) is 27.1 Å². The zero-order valence-electron chi connectivity index (χ0n) is 19.6. The van der Waals surface area contributed by atoms with E-state index in [0.29, 0.717) is 47.9 Å². The number of amides is 2. The minimum Gasteiger partial charge on any atom is -0.355 e. The molecule has 0 radical (unpaired) electrons. The van der Waals surface area contributed by atoms with Crippen molar-refractivity contribution in [2.75, 3.05) is 36.8 Å². The zero-order valence-corrected chi connectivity index (χ0v) is 21.2. The van der Waals surface area contributed by atoms with Crippen molar-refractivity contribution in [2.24, 2.45) is 0 Å². The van der Waals surface area contributed by atoms with Crippen LogP contribution in [-0.2, 0) is 4.79 Å². The van der Waals surface area contributed by atoms with Crippen molar-refractivity contribution in [1.29, 1.82) is 0 Å². The molecule has 1 aromatic heterocycles. The van der Waals surface area contributed by atoms with Crippen molar-refractivity contribution in [3.05, 3.63) is 46.9 Å². The molecule has 2 amide bonds. The van der Waals surface area contributed by atoms with Crippen molar-refractivity contribution in [2.45, 2.75) is 50.7 Å². The van der Waals surface area contributed by atoms with Crippen LogP contribution in [0.4, 0.5) is 10.2 Å². The average molecular weight is 508 g/mol. The molecule has 2 heterocycles. The predicted molar refractivity (Wildman–Crippen MR) is 134 cm³/mol. The van der Waals surface area contributed by atoms with Gasteiger partial charge in [0.2, 0.25) is 5.91 Å². The van der Waals surface area contributed by atoms with E-state index in [0.717, 1.165) is 19.3 Å². The molecular weight excluding hydrogens is 477 g/mol. The number of carbonyl (C=O) groups is 2. The maximum atomic E-state index is 13.2. The van der Waals surface area contributed by atoms with Gasteiger partial charge in [0.25, 0.3) is 5.91 Å². The van der Waals surface area contributed by atoms with E-state index >= 15 is 0 Å². The maximum absolute atomic E-state index is 13.2. The number of hydrogen-bond donors (Lipinski definition) is 1. The molecule has 1 saturated heterocycles. The lowest BCUT2D eigenvalue weighted by molar-refractivity contribution is -0.118. The first kappa shape index (κ1) is 26.2. The summed E-state index contributed by atoms with van der Waals surface area (Å²) < 4.78 is 13.2. The topological polar surface area (TPSA) is 78.4 Å². The Morgan fingerprint density at radius 2 is 1.94 bits per heavy atom. The summed E-state index contributed by atoms with van der Waals surface area (Å²) >= 11 is 7.49. The molecule has 0 bridgehead atoms. The number of anilines is 1. The normalized spacial score (nSPS) is 15.9. The summed E-state index contributed by atoms with van der Waals surface area (Å²) in [5, 5.41) is 3.68. The second-order valence-electron chi connectivity index (χ2n) is 8.33. The smallest absolute Gasteiger partial charge is 0.254 e. The Morgan fingerprint density at radius 3 is 2.65 bits per heavy atom. The molecule has 34 heavy (non-hydrogen) atoms. The molecular formula is C24H31ClFN5O2S. The Morgan fingerprint density at radius 1 is 1.18 bits per heavy atom. The van der Waals surface area contributed by atoms with Crippen molar-refractivity contribution >= 4 is 41.0 Å². The number of rotatable bonds is 10. The third-order valence-electron chi connectivity index (χ3n) is 5.65. The SMILES string of the molecule is CCCCCCNC(=O)CSc1nc(Cl)cc(N2CCN(C(=O)c3ccc(F)cc3)C(C)C2)n1. The summed E-state index contributed by atoms with van der Waals surface area (Å²) in [4.78, 5) is 37.6. The third kappa shape index (κ3) is 7.56. The molecule has 1 atom stereocenters. The molecule has 10 heteroatoms. The molecule has 3 rings (SSSR count). The van der Waals surface area contributed by atoms with Gasteiger partial charge >= 0.3 is 0 Å². The summed E-state index contributed by atoms with van der Waals surface area (Å²) in [6.45, 7) is 6.46. The fraction of sp³-hybridized carbons (Fsp3) is 0.500. The Kier molecular flexibility index (Phi) is 9.95. The van der Waals surface area contributed by atoms with Crippen molar-refractivity contribution in [3.63, 3.8) is 0 Å². The van der Waals surface area contributed by atoms with Gasteiger partial charge in [-0.1, -0.05) is 49.5 Å². The number of piperazine rings is 1. The van der Waals surface area contributed by atoms with Gasteiger partial charge in [-0.25, -0.2) is 14.4 Å². The van der Waals surface area contributed by atoms with E-state index in [-0.39, 0.29) is 29.4 Å². The first-order chi connectivity index (χ1) is 16.4. The second kappa shape index (κ2) is 12.9. The fourth-order valence-corrected chi connectivity index (χ4v) is 4.71. The van der Waals surface area contributed by atoms with E-state index in [1.807, 2.05) is 6.92 Å². The van der Waals surface area contributed by atoms with Crippen LogP contribution in [-0.4, -0.2) is 64.7 Å². The van der Waals surface area contributed by atoms with E-state index < -0.39 is 0 Å². The highest BCUT2D eigenvalue weighted by molar-refractivity contribution is 7.99. The molecule has 7 nitrogen and oxygen atoms in total. The van der Waals surface area contributed by atoms with Gasteiger partial charge in [0, 0.05) is 43.9 Å². The molecule has 1 fully saturated rings. The van der Waals surface area contributed by atoms with Crippen LogP contribution in [0.1, 0.15) is 49.9 Å². The molecule has 184 valence electrons. The van der Waals surface area contributed by atoms with Crippen LogP contribution >= 0.6 is 23.4 Å². The first-order valence-electron chi connectivity index (χ1n) is 11.6. The Bertz CT molecular complexity index is 978. The lowest BCUT2D eigenvalue weighted by Crippen LogP contribution is -2.54. The maximum Gasteiger partial charge on any atom is 0.254 e. The summed E-state index contributed by atoms with van der Waals surface area (Å²) in [5.41, 5.74) is 0.467. The number of halogens is 2. The molecule has 1 aliphatic heterocycles. The Balaban J connectivity index is 1.55. The molecule has 2 aromatic rings. The summed E-state index contributed by atoms with van der Waals surface area (Å²) in [7, 11) is 0. The van der Waals surface area contributed by atoms with Gasteiger partial charge in [-0.05, 0) is 37.6 Å². The van der Waals surface area contributed by atoms with E-state index in [9.17, 15) is 14.0 Å². The van der Waals surface area contributed by atoms with Crippen molar-refractivity contribution < 1.29 is 14.0 Å². The highest BCUT2D eigenvalue weighted by atomic mass is 35.5. The van der Waals surface area contributed by atoms with E-state index in [4.69, 9.17) is 11.6 Å². The van der Waals surface area contributed by atoms with Crippen LogP contribution in [0.2, 0.25) is 5.15 Å². The van der Waals surface area contributed by atoms with Gasteiger partial charge in [-0.15, -0.1) is 0 Å². The Hall–Kier alpha value is -2.39. The van der Waals surface area contributed by atoms with Gasteiger partial charge < -0.3 is 15.1 Å². The van der Waals surface area contributed by atoms with Gasteiger partial charge in [0.15, 0.2) is 5.16 Å². The Labute approximate surface area is 209 Å².